The third-order valence-corrected chi connectivity index (χ3v) is 4.31. The number of thioether (sulfide) groups is 1. The summed E-state index contributed by atoms with van der Waals surface area (Å²) in [5.74, 6) is 3.26. The summed E-state index contributed by atoms with van der Waals surface area (Å²) in [6.45, 7) is 3.77. The maximum atomic E-state index is 8.62. The molecule has 0 bridgehead atoms. The van der Waals surface area contributed by atoms with Gasteiger partial charge in [0, 0.05) is 24.9 Å². The van der Waals surface area contributed by atoms with Gasteiger partial charge in [0.05, 0.1) is 0 Å². The Morgan fingerprint density at radius 1 is 1.33 bits per heavy atom. The minimum absolute atomic E-state index is 0.335. The molecular formula is C12H25NOS. The SMILES string of the molecule is CCC1CCC(NCCSCCCO)C1. The van der Waals surface area contributed by atoms with Gasteiger partial charge in [-0.3, -0.25) is 0 Å². The number of hydrogen-bond acceptors (Lipinski definition) is 3. The van der Waals surface area contributed by atoms with Crippen molar-refractivity contribution in [3.63, 3.8) is 0 Å². The van der Waals surface area contributed by atoms with E-state index in [1.807, 2.05) is 11.8 Å². The van der Waals surface area contributed by atoms with Gasteiger partial charge >= 0.3 is 0 Å². The molecule has 0 radical (unpaired) electrons. The molecule has 15 heavy (non-hydrogen) atoms. The molecule has 2 N–H and O–H groups in total. The summed E-state index contributed by atoms with van der Waals surface area (Å²) < 4.78 is 0. The Morgan fingerprint density at radius 2 is 2.20 bits per heavy atom. The Balaban J connectivity index is 1.88. The van der Waals surface area contributed by atoms with Gasteiger partial charge < -0.3 is 10.4 Å². The van der Waals surface area contributed by atoms with Crippen molar-refractivity contribution in [1.29, 1.82) is 0 Å². The van der Waals surface area contributed by atoms with E-state index in [1.54, 1.807) is 0 Å². The highest BCUT2D eigenvalue weighted by Crippen LogP contribution is 2.27. The normalized spacial score (nSPS) is 26.0. The average Bonchev–Trinajstić information content (AvgIpc) is 2.71. The van der Waals surface area contributed by atoms with Crippen LogP contribution in [0.4, 0.5) is 0 Å². The fourth-order valence-corrected chi connectivity index (χ4v) is 3.03. The second kappa shape index (κ2) is 8.43. The van der Waals surface area contributed by atoms with Gasteiger partial charge in [-0.15, -0.1) is 0 Å². The first-order valence-electron chi connectivity index (χ1n) is 6.28. The highest BCUT2D eigenvalue weighted by molar-refractivity contribution is 7.99. The predicted octanol–water partition coefficient (Wildman–Crippen LogP) is 2.27. The van der Waals surface area contributed by atoms with Crippen molar-refractivity contribution < 1.29 is 5.11 Å². The molecule has 0 amide bonds. The molecule has 0 saturated heterocycles. The second-order valence-electron chi connectivity index (χ2n) is 4.43. The standard InChI is InChI=1S/C12H25NOS/c1-2-11-4-5-12(10-11)13-6-9-15-8-3-7-14/h11-14H,2-10H2,1H3. The largest absolute Gasteiger partial charge is 0.396 e. The molecule has 2 nitrogen and oxygen atoms in total. The van der Waals surface area contributed by atoms with E-state index in [4.69, 9.17) is 5.11 Å². The van der Waals surface area contributed by atoms with Gasteiger partial charge in [-0.1, -0.05) is 13.3 Å². The summed E-state index contributed by atoms with van der Waals surface area (Å²) >= 11 is 1.95. The molecule has 2 atom stereocenters. The maximum Gasteiger partial charge on any atom is 0.0438 e. The lowest BCUT2D eigenvalue weighted by molar-refractivity contribution is 0.296. The number of aliphatic hydroxyl groups is 1. The van der Waals surface area contributed by atoms with E-state index in [-0.39, 0.29) is 0 Å². The van der Waals surface area contributed by atoms with E-state index in [2.05, 4.69) is 12.2 Å². The molecule has 0 aromatic rings. The summed E-state index contributed by atoms with van der Waals surface area (Å²) in [7, 11) is 0. The lowest BCUT2D eigenvalue weighted by Crippen LogP contribution is -2.28. The molecule has 0 heterocycles. The Labute approximate surface area is 98.2 Å². The Kier molecular flexibility index (Phi) is 7.49. The predicted molar refractivity (Wildman–Crippen MR) is 68.5 cm³/mol. The van der Waals surface area contributed by atoms with Crippen molar-refractivity contribution in [3.05, 3.63) is 0 Å². The molecule has 1 aliphatic carbocycles. The lowest BCUT2D eigenvalue weighted by atomic mass is 10.1. The molecule has 3 heteroatoms. The fraction of sp³-hybridized carbons (Fsp3) is 1.00. The van der Waals surface area contributed by atoms with E-state index < -0.39 is 0 Å². The van der Waals surface area contributed by atoms with Gasteiger partial charge in [0.2, 0.25) is 0 Å². The smallest absolute Gasteiger partial charge is 0.0438 e. The van der Waals surface area contributed by atoms with Gasteiger partial charge in [-0.25, -0.2) is 0 Å². The van der Waals surface area contributed by atoms with Crippen LogP contribution in [-0.2, 0) is 0 Å². The van der Waals surface area contributed by atoms with Crippen LogP contribution in [0.2, 0.25) is 0 Å². The van der Waals surface area contributed by atoms with Crippen LogP contribution < -0.4 is 5.32 Å². The van der Waals surface area contributed by atoms with Gasteiger partial charge in [0.1, 0.15) is 0 Å². The van der Waals surface area contributed by atoms with Crippen LogP contribution in [0.25, 0.3) is 0 Å². The lowest BCUT2D eigenvalue weighted by Gasteiger charge is -2.12. The monoisotopic (exact) mass is 231 g/mol. The first-order chi connectivity index (χ1) is 7.36. The highest BCUT2D eigenvalue weighted by Gasteiger charge is 2.22. The van der Waals surface area contributed by atoms with Crippen LogP contribution in [0.3, 0.4) is 0 Å². The minimum Gasteiger partial charge on any atom is -0.396 e. The number of aliphatic hydroxyl groups excluding tert-OH is 1. The van der Waals surface area contributed by atoms with Crippen molar-refractivity contribution >= 4 is 11.8 Å². The van der Waals surface area contributed by atoms with Crippen molar-refractivity contribution in [2.24, 2.45) is 5.92 Å². The van der Waals surface area contributed by atoms with Crippen molar-refractivity contribution in [3.8, 4) is 0 Å². The molecule has 1 fully saturated rings. The topological polar surface area (TPSA) is 32.3 Å². The quantitative estimate of drug-likeness (QED) is 0.629. The number of rotatable bonds is 8. The van der Waals surface area contributed by atoms with Crippen LogP contribution in [-0.4, -0.2) is 35.8 Å². The Morgan fingerprint density at radius 3 is 2.87 bits per heavy atom. The molecular weight excluding hydrogens is 206 g/mol. The summed E-state index contributed by atoms with van der Waals surface area (Å²) in [6, 6.07) is 0.786. The van der Waals surface area contributed by atoms with E-state index in [0.717, 1.165) is 30.7 Å². The summed E-state index contributed by atoms with van der Waals surface area (Å²) in [6.07, 6.45) is 6.47. The summed E-state index contributed by atoms with van der Waals surface area (Å²) in [5.41, 5.74) is 0. The second-order valence-corrected chi connectivity index (χ2v) is 5.65. The number of nitrogens with one attached hydrogen (secondary N) is 1. The number of hydrogen-bond donors (Lipinski definition) is 2. The first-order valence-corrected chi connectivity index (χ1v) is 7.44. The Bertz CT molecular complexity index is 155. The molecule has 1 saturated carbocycles. The van der Waals surface area contributed by atoms with Crippen molar-refractivity contribution in [2.75, 3.05) is 24.7 Å². The van der Waals surface area contributed by atoms with Gasteiger partial charge in [0.25, 0.3) is 0 Å². The van der Waals surface area contributed by atoms with Crippen molar-refractivity contribution in [2.45, 2.75) is 45.1 Å². The molecule has 2 unspecified atom stereocenters. The zero-order valence-electron chi connectivity index (χ0n) is 9.87. The summed E-state index contributed by atoms with van der Waals surface area (Å²) in [4.78, 5) is 0. The van der Waals surface area contributed by atoms with Crippen molar-refractivity contribution in [1.82, 2.24) is 5.32 Å². The fourth-order valence-electron chi connectivity index (χ4n) is 2.24. The van der Waals surface area contributed by atoms with Crippen LogP contribution in [0, 0.1) is 5.92 Å². The molecule has 1 aliphatic rings. The van der Waals surface area contributed by atoms with Crippen LogP contribution >= 0.6 is 11.8 Å². The first kappa shape index (κ1) is 13.3. The van der Waals surface area contributed by atoms with Gasteiger partial charge in [-0.2, -0.15) is 11.8 Å². The maximum absolute atomic E-state index is 8.62. The summed E-state index contributed by atoms with van der Waals surface area (Å²) in [5, 5.41) is 12.3. The molecule has 0 aromatic carbocycles. The van der Waals surface area contributed by atoms with E-state index in [1.165, 1.54) is 31.4 Å². The Hall–Kier alpha value is 0.270. The zero-order chi connectivity index (χ0) is 10.9. The van der Waals surface area contributed by atoms with Gasteiger partial charge in [-0.05, 0) is 37.4 Å². The zero-order valence-corrected chi connectivity index (χ0v) is 10.7. The van der Waals surface area contributed by atoms with Crippen LogP contribution in [0.5, 0.6) is 0 Å². The molecule has 0 aliphatic heterocycles. The van der Waals surface area contributed by atoms with E-state index in [0.29, 0.717) is 6.61 Å². The molecule has 0 aromatic heterocycles. The molecule has 0 spiro atoms. The third-order valence-electron chi connectivity index (χ3n) is 3.24. The van der Waals surface area contributed by atoms with E-state index in [9.17, 15) is 0 Å². The molecule has 90 valence electrons. The molecule has 1 rings (SSSR count). The van der Waals surface area contributed by atoms with Gasteiger partial charge in [0.15, 0.2) is 0 Å². The average molecular weight is 231 g/mol. The van der Waals surface area contributed by atoms with Crippen LogP contribution in [0.1, 0.15) is 39.0 Å². The van der Waals surface area contributed by atoms with Crippen LogP contribution in [0.15, 0.2) is 0 Å². The van der Waals surface area contributed by atoms with E-state index >= 15 is 0 Å². The minimum atomic E-state index is 0.335. The third kappa shape index (κ3) is 5.79. The highest BCUT2D eigenvalue weighted by atomic mass is 32.2.